The average Bonchev–Trinajstić information content (AvgIpc) is 3.21. The first kappa shape index (κ1) is 33.6. The Hall–Kier alpha value is -4.25. The van der Waals surface area contributed by atoms with Crippen molar-refractivity contribution in [3.05, 3.63) is 53.2 Å². The molecule has 11 heteroatoms. The number of piperidine rings is 2. The highest BCUT2D eigenvalue weighted by Gasteiger charge is 2.47. The maximum absolute atomic E-state index is 14.4. The number of amides is 2. The predicted molar refractivity (Wildman–Crippen MR) is 184 cm³/mol. The van der Waals surface area contributed by atoms with E-state index in [1.54, 1.807) is 27.4 Å². The molecule has 0 radical (unpaired) electrons. The number of nitrogens with zero attached hydrogens (tertiary/aromatic N) is 3. The third-order valence-corrected chi connectivity index (χ3v) is 10.7. The van der Waals surface area contributed by atoms with Crippen molar-refractivity contribution in [2.75, 3.05) is 64.3 Å². The van der Waals surface area contributed by atoms with Crippen LogP contribution < -0.4 is 30.2 Å². The SMILES string of the molecule is COc1cc(OC)c(C2C3=C(CC(C)(C)CC3=O)Nc3ccccc3N2CC(=O)N2CCC(C(N)=O)(N3CCCCC3)CC2)cc1OC. The minimum Gasteiger partial charge on any atom is -0.496 e. The number of nitrogens with one attached hydrogen (secondary N) is 1. The molecule has 2 amide bonds. The molecule has 2 aromatic carbocycles. The molecule has 48 heavy (non-hydrogen) atoms. The summed E-state index contributed by atoms with van der Waals surface area (Å²) in [4.78, 5) is 47.7. The highest BCUT2D eigenvalue weighted by molar-refractivity contribution is 6.02. The Morgan fingerprint density at radius 2 is 1.54 bits per heavy atom. The fourth-order valence-corrected chi connectivity index (χ4v) is 8.23. The minimum atomic E-state index is -0.729. The number of carbonyl (C=O) groups excluding carboxylic acids is 3. The van der Waals surface area contributed by atoms with Gasteiger partial charge in [-0.2, -0.15) is 0 Å². The van der Waals surface area contributed by atoms with Crippen molar-refractivity contribution in [1.82, 2.24) is 9.80 Å². The lowest BCUT2D eigenvalue weighted by molar-refractivity contribution is -0.141. The second-order valence-electron chi connectivity index (χ2n) is 14.3. The van der Waals surface area contributed by atoms with Gasteiger partial charge in [0.25, 0.3) is 0 Å². The molecule has 2 fully saturated rings. The Morgan fingerprint density at radius 3 is 2.19 bits per heavy atom. The van der Waals surface area contributed by atoms with E-state index in [9.17, 15) is 14.4 Å². The largest absolute Gasteiger partial charge is 0.496 e. The zero-order chi connectivity index (χ0) is 34.2. The van der Waals surface area contributed by atoms with Crippen molar-refractivity contribution in [2.45, 2.75) is 70.4 Å². The molecule has 2 saturated heterocycles. The van der Waals surface area contributed by atoms with Gasteiger partial charge >= 0.3 is 0 Å². The third kappa shape index (κ3) is 6.08. The van der Waals surface area contributed by atoms with Gasteiger partial charge in [-0.15, -0.1) is 0 Å². The van der Waals surface area contributed by atoms with Gasteiger partial charge in [-0.05, 0) is 68.8 Å². The van der Waals surface area contributed by atoms with Crippen molar-refractivity contribution in [3.63, 3.8) is 0 Å². The lowest BCUT2D eigenvalue weighted by Gasteiger charge is -2.48. The average molecular weight is 660 g/mol. The number of fused-ring (bicyclic) bond motifs is 1. The summed E-state index contributed by atoms with van der Waals surface area (Å²) in [5, 5.41) is 3.62. The van der Waals surface area contributed by atoms with E-state index in [1.807, 2.05) is 40.1 Å². The minimum absolute atomic E-state index is 0.00158. The number of carbonyl (C=O) groups is 3. The summed E-state index contributed by atoms with van der Waals surface area (Å²) >= 11 is 0. The molecule has 258 valence electrons. The Kier molecular flexibility index (Phi) is 9.35. The first-order valence-corrected chi connectivity index (χ1v) is 17.0. The van der Waals surface area contributed by atoms with Crippen LogP contribution in [-0.2, 0) is 14.4 Å². The van der Waals surface area contributed by atoms with Gasteiger partial charge < -0.3 is 35.1 Å². The lowest BCUT2D eigenvalue weighted by atomic mass is 9.73. The Labute approximate surface area is 283 Å². The molecule has 1 aliphatic carbocycles. The number of likely N-dealkylation sites (tertiary alicyclic amines) is 2. The van der Waals surface area contributed by atoms with Crippen LogP contribution in [0.15, 0.2) is 47.7 Å². The van der Waals surface area contributed by atoms with Crippen LogP contribution in [0.1, 0.15) is 70.4 Å². The molecule has 0 bridgehead atoms. The van der Waals surface area contributed by atoms with Crippen molar-refractivity contribution >= 4 is 29.0 Å². The second-order valence-corrected chi connectivity index (χ2v) is 14.3. The number of Topliss-reactive ketones (excluding diaryl/α,β-unsaturated/α-hetero) is 1. The summed E-state index contributed by atoms with van der Waals surface area (Å²) in [6, 6.07) is 10.8. The summed E-state index contributed by atoms with van der Waals surface area (Å²) < 4.78 is 17.3. The van der Waals surface area contributed by atoms with Crippen LogP contribution >= 0.6 is 0 Å². The monoisotopic (exact) mass is 659 g/mol. The smallest absolute Gasteiger partial charge is 0.242 e. The van der Waals surface area contributed by atoms with E-state index >= 15 is 0 Å². The molecule has 1 unspecified atom stereocenters. The van der Waals surface area contributed by atoms with E-state index < -0.39 is 11.6 Å². The van der Waals surface area contributed by atoms with Gasteiger partial charge in [0.05, 0.1) is 45.3 Å². The zero-order valence-electron chi connectivity index (χ0n) is 28.9. The van der Waals surface area contributed by atoms with E-state index in [0.29, 0.717) is 67.2 Å². The number of primary amides is 1. The van der Waals surface area contributed by atoms with Crippen LogP contribution in [-0.4, -0.2) is 87.0 Å². The molecule has 3 N–H and O–H groups in total. The molecule has 6 rings (SSSR count). The molecule has 4 aliphatic rings. The molecule has 2 aromatic rings. The Balaban J connectivity index is 1.42. The van der Waals surface area contributed by atoms with Gasteiger partial charge in [-0.25, -0.2) is 0 Å². The fourth-order valence-electron chi connectivity index (χ4n) is 8.23. The van der Waals surface area contributed by atoms with E-state index in [0.717, 1.165) is 49.4 Å². The van der Waals surface area contributed by atoms with Gasteiger partial charge in [-0.1, -0.05) is 32.4 Å². The number of allylic oxidation sites excluding steroid dienone is 1. The molecule has 11 nitrogen and oxygen atoms in total. The quantitative estimate of drug-likeness (QED) is 0.416. The molecule has 3 aliphatic heterocycles. The summed E-state index contributed by atoms with van der Waals surface area (Å²) in [5.41, 5.74) is 8.84. The van der Waals surface area contributed by atoms with Gasteiger partial charge in [-0.3, -0.25) is 19.3 Å². The maximum Gasteiger partial charge on any atom is 0.242 e. The number of anilines is 2. The van der Waals surface area contributed by atoms with Crippen LogP contribution in [0, 0.1) is 5.41 Å². The van der Waals surface area contributed by atoms with Gasteiger partial charge in [0.15, 0.2) is 17.3 Å². The number of methoxy groups -OCH3 is 3. The standard InChI is InChI=1S/C37H49N5O6/c1-36(2)21-26-33(28(43)22-36)34(24-19-30(47-4)31(48-5)20-29(24)46-3)42(27-12-8-7-11-25(27)39-26)23-32(44)40-17-13-37(14-18-40,35(38)45)41-15-9-6-10-16-41/h7-8,11-12,19-20,34,39H,6,9-10,13-18,21-23H2,1-5H3,(H2,38,45). The van der Waals surface area contributed by atoms with Crippen LogP contribution in [0.3, 0.4) is 0 Å². The Bertz CT molecular complexity index is 1610. The van der Waals surface area contributed by atoms with E-state index in [4.69, 9.17) is 19.9 Å². The topological polar surface area (TPSA) is 127 Å². The maximum atomic E-state index is 14.4. The summed E-state index contributed by atoms with van der Waals surface area (Å²) in [6.07, 6.45) is 5.30. The molecule has 0 aromatic heterocycles. The van der Waals surface area contributed by atoms with Gasteiger partial charge in [0, 0.05) is 42.4 Å². The fraction of sp³-hybridized carbons (Fsp3) is 0.541. The second kappa shape index (κ2) is 13.3. The summed E-state index contributed by atoms with van der Waals surface area (Å²) in [6.45, 7) is 6.77. The number of nitrogens with two attached hydrogens (primary N) is 1. The number of rotatable bonds is 8. The lowest BCUT2D eigenvalue weighted by Crippen LogP contribution is -2.64. The number of benzene rings is 2. The number of ether oxygens (including phenoxy) is 3. The van der Waals surface area contributed by atoms with Crippen LogP contribution in [0.25, 0.3) is 0 Å². The third-order valence-electron chi connectivity index (χ3n) is 10.7. The van der Waals surface area contributed by atoms with Crippen molar-refractivity contribution in [3.8, 4) is 17.2 Å². The molecular weight excluding hydrogens is 610 g/mol. The van der Waals surface area contributed by atoms with Gasteiger partial charge in [0.2, 0.25) is 11.8 Å². The van der Waals surface area contributed by atoms with Crippen molar-refractivity contribution in [1.29, 1.82) is 0 Å². The van der Waals surface area contributed by atoms with Crippen LogP contribution in [0.2, 0.25) is 0 Å². The molecular formula is C37H49N5O6. The van der Waals surface area contributed by atoms with Gasteiger partial charge in [0.1, 0.15) is 11.3 Å². The number of hydrogen-bond donors (Lipinski definition) is 2. The number of para-hydroxylation sites is 2. The molecule has 0 spiro atoms. The van der Waals surface area contributed by atoms with Crippen LogP contribution in [0.5, 0.6) is 17.2 Å². The molecule has 3 heterocycles. The van der Waals surface area contributed by atoms with Crippen molar-refractivity contribution < 1.29 is 28.6 Å². The normalized spacial score (nSPS) is 22.2. The Morgan fingerprint density at radius 1 is 0.896 bits per heavy atom. The highest BCUT2D eigenvalue weighted by atomic mass is 16.5. The van der Waals surface area contributed by atoms with E-state index in [2.05, 4.69) is 24.1 Å². The molecule has 1 atom stereocenters. The highest BCUT2D eigenvalue weighted by Crippen LogP contribution is 2.51. The zero-order valence-corrected chi connectivity index (χ0v) is 28.9. The molecule has 0 saturated carbocycles. The number of hydrogen-bond acceptors (Lipinski definition) is 9. The van der Waals surface area contributed by atoms with E-state index in [1.165, 1.54) is 0 Å². The van der Waals surface area contributed by atoms with E-state index in [-0.39, 0.29) is 29.6 Å². The first-order chi connectivity index (χ1) is 23.0. The summed E-state index contributed by atoms with van der Waals surface area (Å²) in [5.74, 6) is 1.14. The summed E-state index contributed by atoms with van der Waals surface area (Å²) in [7, 11) is 4.73. The number of ketones is 1. The van der Waals surface area contributed by atoms with Crippen LogP contribution in [0.4, 0.5) is 11.4 Å². The predicted octanol–water partition coefficient (Wildman–Crippen LogP) is 4.66. The first-order valence-electron chi connectivity index (χ1n) is 17.0. The van der Waals surface area contributed by atoms with Crippen molar-refractivity contribution in [2.24, 2.45) is 11.1 Å².